The van der Waals surface area contributed by atoms with Crippen LogP contribution in [0, 0.1) is 0 Å². The number of nitrogens with zero attached hydrogens (tertiary/aromatic N) is 1. The lowest BCUT2D eigenvalue weighted by atomic mass is 10.2. The van der Waals surface area contributed by atoms with Crippen LogP contribution >= 0.6 is 35.6 Å². The summed E-state index contributed by atoms with van der Waals surface area (Å²) < 4.78 is 10.3. The minimum Gasteiger partial charge on any atom is -0.496 e. The van der Waals surface area contributed by atoms with Crippen molar-refractivity contribution in [3.8, 4) is 5.75 Å². The molecule has 0 bridgehead atoms. The van der Waals surface area contributed by atoms with Gasteiger partial charge in [-0.3, -0.25) is 0 Å². The second-order valence-corrected chi connectivity index (χ2v) is 4.86. The van der Waals surface area contributed by atoms with Gasteiger partial charge in [-0.25, -0.2) is 4.99 Å². The topological polar surface area (TPSA) is 54.9 Å². The predicted octanol–water partition coefficient (Wildman–Crippen LogP) is 3.06. The summed E-state index contributed by atoms with van der Waals surface area (Å²) in [6, 6.07) is 5.57. The predicted molar refractivity (Wildman–Crippen MR) is 103 cm³/mol. The molecule has 0 spiro atoms. The molecule has 0 amide bonds. The Kier molecular flexibility index (Phi) is 12.4. The third-order valence-electron chi connectivity index (χ3n) is 2.82. The van der Waals surface area contributed by atoms with Crippen LogP contribution in [0.5, 0.6) is 5.75 Å². The fraction of sp³-hybridized carbons (Fsp3) is 0.533. The Labute approximate surface area is 154 Å². The Morgan fingerprint density at radius 3 is 2.68 bits per heavy atom. The average molecular weight is 442 g/mol. The van der Waals surface area contributed by atoms with E-state index in [1.807, 2.05) is 19.1 Å². The van der Waals surface area contributed by atoms with Crippen molar-refractivity contribution in [1.82, 2.24) is 10.6 Å². The van der Waals surface area contributed by atoms with Crippen LogP contribution in [0.25, 0.3) is 0 Å². The number of ether oxygens (including phenoxy) is 2. The van der Waals surface area contributed by atoms with E-state index in [4.69, 9.17) is 21.1 Å². The molecule has 0 fully saturated rings. The number of rotatable bonds is 8. The van der Waals surface area contributed by atoms with E-state index in [2.05, 4.69) is 15.6 Å². The van der Waals surface area contributed by atoms with E-state index < -0.39 is 0 Å². The molecule has 0 aromatic heterocycles. The molecular formula is C15H25ClIN3O2. The van der Waals surface area contributed by atoms with Crippen molar-refractivity contribution >= 4 is 41.5 Å². The molecule has 126 valence electrons. The van der Waals surface area contributed by atoms with Crippen LogP contribution in [-0.4, -0.2) is 39.9 Å². The molecule has 22 heavy (non-hydrogen) atoms. The first kappa shape index (κ1) is 21.3. The zero-order chi connectivity index (χ0) is 15.5. The third kappa shape index (κ3) is 8.05. The summed E-state index contributed by atoms with van der Waals surface area (Å²) in [6.07, 6.45) is 0.936. The Morgan fingerprint density at radius 1 is 1.27 bits per heavy atom. The molecule has 0 unspecified atom stereocenters. The zero-order valence-electron chi connectivity index (χ0n) is 13.3. The monoisotopic (exact) mass is 441 g/mol. The Hall–Kier alpha value is -0.730. The summed E-state index contributed by atoms with van der Waals surface area (Å²) in [7, 11) is 3.33. The normalized spacial score (nSPS) is 10.8. The van der Waals surface area contributed by atoms with E-state index in [0.29, 0.717) is 11.6 Å². The smallest absolute Gasteiger partial charge is 0.191 e. The third-order valence-corrected chi connectivity index (χ3v) is 3.05. The van der Waals surface area contributed by atoms with Gasteiger partial charge in [-0.05, 0) is 25.5 Å². The van der Waals surface area contributed by atoms with Crippen molar-refractivity contribution < 1.29 is 9.47 Å². The van der Waals surface area contributed by atoms with Crippen LogP contribution in [0.2, 0.25) is 5.02 Å². The molecule has 0 saturated carbocycles. The Balaban J connectivity index is 0.00000441. The van der Waals surface area contributed by atoms with Gasteiger partial charge in [-0.2, -0.15) is 0 Å². The molecule has 0 saturated heterocycles. The van der Waals surface area contributed by atoms with E-state index in [-0.39, 0.29) is 24.0 Å². The second-order valence-electron chi connectivity index (χ2n) is 4.42. The number of halogens is 2. The van der Waals surface area contributed by atoms with E-state index >= 15 is 0 Å². The highest BCUT2D eigenvalue weighted by atomic mass is 127. The highest BCUT2D eigenvalue weighted by Crippen LogP contribution is 2.23. The fourth-order valence-electron chi connectivity index (χ4n) is 1.78. The summed E-state index contributed by atoms with van der Waals surface area (Å²) >= 11 is 5.95. The number of aliphatic imine (C=N–C) groups is 1. The van der Waals surface area contributed by atoms with E-state index in [1.54, 1.807) is 20.3 Å². The van der Waals surface area contributed by atoms with Crippen molar-refractivity contribution in [2.75, 3.05) is 33.9 Å². The van der Waals surface area contributed by atoms with Gasteiger partial charge in [0.25, 0.3) is 0 Å². The number of benzene rings is 1. The summed E-state index contributed by atoms with van der Waals surface area (Å²) in [6.45, 7) is 4.93. The molecule has 0 aliphatic carbocycles. The van der Waals surface area contributed by atoms with Gasteiger partial charge >= 0.3 is 0 Å². The summed E-state index contributed by atoms with van der Waals surface area (Å²) in [5, 5.41) is 7.13. The average Bonchev–Trinajstić information content (AvgIpc) is 2.49. The maximum Gasteiger partial charge on any atom is 0.191 e. The highest BCUT2D eigenvalue weighted by molar-refractivity contribution is 14.0. The minimum absolute atomic E-state index is 0. The molecule has 0 heterocycles. The summed E-state index contributed by atoms with van der Waals surface area (Å²) in [5.41, 5.74) is 0.996. The molecule has 0 radical (unpaired) electrons. The molecule has 5 nitrogen and oxygen atoms in total. The molecule has 7 heteroatoms. The van der Waals surface area contributed by atoms with Crippen LogP contribution in [0.4, 0.5) is 0 Å². The van der Waals surface area contributed by atoms with Gasteiger partial charge in [0.1, 0.15) is 5.75 Å². The van der Waals surface area contributed by atoms with Gasteiger partial charge in [-0.1, -0.05) is 17.7 Å². The first-order valence-corrected chi connectivity index (χ1v) is 7.42. The minimum atomic E-state index is 0. The van der Waals surface area contributed by atoms with Crippen molar-refractivity contribution in [1.29, 1.82) is 0 Å². The Bertz CT molecular complexity index is 458. The molecular weight excluding hydrogens is 417 g/mol. The highest BCUT2D eigenvalue weighted by Gasteiger charge is 2.04. The van der Waals surface area contributed by atoms with Crippen LogP contribution in [0.1, 0.15) is 18.9 Å². The summed E-state index contributed by atoms with van der Waals surface area (Å²) in [4.78, 5) is 4.55. The van der Waals surface area contributed by atoms with E-state index in [1.165, 1.54) is 0 Å². The fourth-order valence-corrected chi connectivity index (χ4v) is 1.94. The number of methoxy groups -OCH3 is 2. The van der Waals surface area contributed by atoms with Gasteiger partial charge in [-0.15, -0.1) is 24.0 Å². The summed E-state index contributed by atoms with van der Waals surface area (Å²) in [5.74, 6) is 1.53. The van der Waals surface area contributed by atoms with Crippen molar-refractivity contribution in [3.05, 3.63) is 28.8 Å². The van der Waals surface area contributed by atoms with Crippen molar-refractivity contribution in [2.24, 2.45) is 4.99 Å². The number of hydrogen-bond acceptors (Lipinski definition) is 3. The van der Waals surface area contributed by atoms with Crippen LogP contribution in [-0.2, 0) is 11.3 Å². The van der Waals surface area contributed by atoms with Crippen molar-refractivity contribution in [2.45, 2.75) is 19.9 Å². The lowest BCUT2D eigenvalue weighted by Gasteiger charge is -2.12. The largest absolute Gasteiger partial charge is 0.496 e. The first-order valence-electron chi connectivity index (χ1n) is 7.04. The van der Waals surface area contributed by atoms with E-state index in [9.17, 15) is 0 Å². The molecule has 0 aliphatic heterocycles. The molecule has 0 atom stereocenters. The SMILES string of the molecule is CCNC(=NCc1ccc(Cl)cc1OC)NCCCOC.I. The van der Waals surface area contributed by atoms with Gasteiger partial charge in [0.15, 0.2) is 5.96 Å². The van der Waals surface area contributed by atoms with Gasteiger partial charge < -0.3 is 20.1 Å². The molecule has 1 aromatic carbocycles. The number of guanidine groups is 1. The molecule has 2 N–H and O–H groups in total. The quantitative estimate of drug-likeness (QED) is 0.282. The Morgan fingerprint density at radius 2 is 2.05 bits per heavy atom. The standard InChI is InChI=1S/C15H24ClN3O2.HI/c1-4-17-15(18-8-5-9-20-2)19-11-12-6-7-13(16)10-14(12)21-3;/h6-7,10H,4-5,8-9,11H2,1-3H3,(H2,17,18,19);1H. The van der Waals surface area contributed by atoms with Gasteiger partial charge in [0.2, 0.25) is 0 Å². The maximum absolute atomic E-state index is 5.95. The van der Waals surface area contributed by atoms with Crippen molar-refractivity contribution in [3.63, 3.8) is 0 Å². The zero-order valence-corrected chi connectivity index (χ0v) is 16.4. The maximum atomic E-state index is 5.95. The van der Waals surface area contributed by atoms with Crippen LogP contribution in [0.3, 0.4) is 0 Å². The molecule has 0 aliphatic rings. The lowest BCUT2D eigenvalue weighted by molar-refractivity contribution is 0.195. The van der Waals surface area contributed by atoms with Gasteiger partial charge in [0.05, 0.1) is 13.7 Å². The molecule has 1 rings (SSSR count). The van der Waals surface area contributed by atoms with Crippen LogP contribution < -0.4 is 15.4 Å². The number of hydrogen-bond donors (Lipinski definition) is 2. The van der Waals surface area contributed by atoms with Crippen LogP contribution in [0.15, 0.2) is 23.2 Å². The molecule has 1 aromatic rings. The van der Waals surface area contributed by atoms with Gasteiger partial charge in [0, 0.05) is 37.4 Å². The second kappa shape index (κ2) is 12.8. The first-order chi connectivity index (χ1) is 10.2. The number of nitrogens with one attached hydrogen (secondary N) is 2. The van der Waals surface area contributed by atoms with E-state index in [0.717, 1.165) is 43.4 Å². The lowest BCUT2D eigenvalue weighted by Crippen LogP contribution is -2.38.